The quantitative estimate of drug-likeness (QED) is 0.186. The van der Waals surface area contributed by atoms with Crippen molar-refractivity contribution in [2.45, 2.75) is 82.5 Å². The Bertz CT molecular complexity index is 1690. The van der Waals surface area contributed by atoms with Crippen molar-refractivity contribution < 1.29 is 33.8 Å². The summed E-state index contributed by atoms with van der Waals surface area (Å²) in [5, 5.41) is 20.1. The average Bonchev–Trinajstić information content (AvgIpc) is 3.71. The fourth-order valence-electron chi connectivity index (χ4n) is 5.62. The molecule has 0 saturated heterocycles. The molecule has 5 rings (SSSR count). The molecule has 0 unspecified atom stereocenters. The van der Waals surface area contributed by atoms with Gasteiger partial charge in [0.25, 0.3) is 0 Å². The number of aromatic nitrogens is 1. The van der Waals surface area contributed by atoms with Gasteiger partial charge in [-0.3, -0.25) is 9.59 Å². The van der Waals surface area contributed by atoms with Crippen LogP contribution in [-0.4, -0.2) is 51.1 Å². The standard InChI is InChI=1S/C35H39ClN4O7/c1-34(2,3)47-33(45)37-26-14-8-6-4-5-7-12-23-20-35(23,32(43)44)40-30(42)28(39-29(26)41)21-15-17-24(18-16-21)46-31-25-13-10-9-11-22(25)19-27(36)38-31/h7,9-13,15-19,23,26,28H,4-6,8,14,20H2,1-3H3,(H,37,45)(H,39,41)(H,40,42)(H,43,44)/b12-7+/t23-,26+,28+,35-/m1/s1. The molecule has 3 aromatic rings. The molecule has 4 N–H and O–H groups in total. The molecule has 1 aromatic heterocycles. The van der Waals surface area contributed by atoms with Gasteiger partial charge in [-0.1, -0.05) is 66.9 Å². The van der Waals surface area contributed by atoms with E-state index in [9.17, 15) is 24.3 Å². The summed E-state index contributed by atoms with van der Waals surface area (Å²) in [7, 11) is 0. The Morgan fingerprint density at radius 3 is 2.51 bits per heavy atom. The van der Waals surface area contributed by atoms with Crippen LogP contribution in [-0.2, 0) is 19.1 Å². The number of carbonyl (C=O) groups is 4. The molecule has 0 spiro atoms. The van der Waals surface area contributed by atoms with Crippen molar-refractivity contribution in [3.05, 3.63) is 77.5 Å². The predicted octanol–water partition coefficient (Wildman–Crippen LogP) is 6.21. The fourth-order valence-corrected chi connectivity index (χ4v) is 5.81. The first kappa shape index (κ1) is 33.7. The molecule has 2 aliphatic rings. The number of rotatable bonds is 5. The lowest BCUT2D eigenvalue weighted by atomic mass is 10.0. The van der Waals surface area contributed by atoms with E-state index in [2.05, 4.69) is 20.9 Å². The number of pyridine rings is 1. The van der Waals surface area contributed by atoms with Gasteiger partial charge in [0, 0.05) is 11.3 Å². The summed E-state index contributed by atoms with van der Waals surface area (Å²) in [6.07, 6.45) is 6.57. The number of carboxylic acids is 1. The van der Waals surface area contributed by atoms with Gasteiger partial charge >= 0.3 is 12.1 Å². The highest BCUT2D eigenvalue weighted by Gasteiger charge is 2.61. The van der Waals surface area contributed by atoms with Crippen LogP contribution in [0.25, 0.3) is 10.8 Å². The second kappa shape index (κ2) is 14.0. The molecule has 47 heavy (non-hydrogen) atoms. The van der Waals surface area contributed by atoms with Gasteiger partial charge in [-0.15, -0.1) is 0 Å². The van der Waals surface area contributed by atoms with Gasteiger partial charge in [-0.2, -0.15) is 0 Å². The number of aliphatic carboxylic acids is 1. The summed E-state index contributed by atoms with van der Waals surface area (Å²) in [6.45, 7) is 5.16. The molecule has 1 saturated carbocycles. The zero-order valence-electron chi connectivity index (χ0n) is 26.5. The minimum atomic E-state index is -1.48. The highest BCUT2D eigenvalue weighted by Crippen LogP contribution is 2.45. The molecule has 3 amide bonds. The number of carboxylic acid groups (broad SMARTS) is 1. The van der Waals surface area contributed by atoms with Gasteiger partial charge < -0.3 is 30.5 Å². The van der Waals surface area contributed by atoms with Crippen molar-refractivity contribution in [1.82, 2.24) is 20.9 Å². The van der Waals surface area contributed by atoms with E-state index >= 15 is 0 Å². The van der Waals surface area contributed by atoms with Crippen LogP contribution in [0.1, 0.15) is 70.9 Å². The van der Waals surface area contributed by atoms with Crippen molar-refractivity contribution in [3.63, 3.8) is 0 Å². The van der Waals surface area contributed by atoms with Gasteiger partial charge in [0.05, 0.1) is 0 Å². The van der Waals surface area contributed by atoms with E-state index in [0.717, 1.165) is 30.0 Å². The summed E-state index contributed by atoms with van der Waals surface area (Å²) < 4.78 is 11.4. The highest BCUT2D eigenvalue weighted by molar-refractivity contribution is 6.30. The largest absolute Gasteiger partial charge is 0.479 e. The number of ether oxygens (including phenoxy) is 2. The molecule has 0 radical (unpaired) electrons. The minimum Gasteiger partial charge on any atom is -0.479 e. The highest BCUT2D eigenvalue weighted by atomic mass is 35.5. The first-order valence-electron chi connectivity index (χ1n) is 15.7. The number of hydrogen-bond donors (Lipinski definition) is 4. The zero-order valence-corrected chi connectivity index (χ0v) is 27.3. The van der Waals surface area contributed by atoms with Gasteiger partial charge in [-0.25, -0.2) is 14.6 Å². The predicted molar refractivity (Wildman–Crippen MR) is 176 cm³/mol. The molecular formula is C35H39ClN4O7. The van der Waals surface area contributed by atoms with Crippen molar-refractivity contribution in [2.24, 2.45) is 5.92 Å². The van der Waals surface area contributed by atoms with E-state index in [1.54, 1.807) is 51.1 Å². The van der Waals surface area contributed by atoms with Gasteiger partial charge in [0.1, 0.15) is 34.1 Å². The smallest absolute Gasteiger partial charge is 0.408 e. The first-order chi connectivity index (χ1) is 22.3. The van der Waals surface area contributed by atoms with Crippen LogP contribution >= 0.6 is 11.6 Å². The number of fused-ring (bicyclic) bond motifs is 2. The summed E-state index contributed by atoms with van der Waals surface area (Å²) >= 11 is 6.22. The van der Waals surface area contributed by atoms with Crippen molar-refractivity contribution in [3.8, 4) is 11.6 Å². The summed E-state index contributed by atoms with van der Waals surface area (Å²) in [6, 6.07) is 13.4. The summed E-state index contributed by atoms with van der Waals surface area (Å²) in [5.74, 6) is -2.12. The lowest BCUT2D eigenvalue weighted by molar-refractivity contribution is -0.144. The fraction of sp³-hybridized carbons (Fsp3) is 0.400. The SMILES string of the molecule is CC(C)(C)OC(=O)N[C@H]1CCCCC/C=C/[C@@H]2C[C@@]2(C(=O)O)NC(=O)[C@H](c2ccc(Oc3nc(Cl)cc4ccccc34)cc2)NC1=O. The van der Waals surface area contributed by atoms with Crippen LogP contribution in [0.2, 0.25) is 5.15 Å². The van der Waals surface area contributed by atoms with Crippen LogP contribution in [0, 0.1) is 5.92 Å². The van der Waals surface area contributed by atoms with Gasteiger partial charge in [0.2, 0.25) is 17.7 Å². The van der Waals surface area contributed by atoms with Crippen molar-refractivity contribution >= 4 is 46.3 Å². The Kier molecular flexibility index (Phi) is 10.0. The number of allylic oxidation sites excluding steroid dienone is 1. The lowest BCUT2D eigenvalue weighted by Gasteiger charge is -2.26. The third-order valence-electron chi connectivity index (χ3n) is 8.13. The maximum Gasteiger partial charge on any atom is 0.408 e. The molecule has 4 atom stereocenters. The third-order valence-corrected chi connectivity index (χ3v) is 8.33. The minimum absolute atomic E-state index is 0.238. The zero-order chi connectivity index (χ0) is 33.8. The summed E-state index contributed by atoms with van der Waals surface area (Å²) in [4.78, 5) is 56.9. The van der Waals surface area contributed by atoms with E-state index in [0.29, 0.717) is 30.0 Å². The maximum atomic E-state index is 13.8. The monoisotopic (exact) mass is 662 g/mol. The normalized spacial score (nSPS) is 24.4. The Morgan fingerprint density at radius 1 is 1.04 bits per heavy atom. The number of carbonyl (C=O) groups excluding carboxylic acids is 3. The molecule has 1 aliphatic carbocycles. The number of halogens is 1. The number of amides is 3. The van der Waals surface area contributed by atoms with E-state index in [-0.39, 0.29) is 17.5 Å². The van der Waals surface area contributed by atoms with E-state index in [4.69, 9.17) is 21.1 Å². The van der Waals surface area contributed by atoms with E-state index in [1.807, 2.05) is 36.4 Å². The second-order valence-corrected chi connectivity index (χ2v) is 13.3. The van der Waals surface area contributed by atoms with Crippen LogP contribution in [0.3, 0.4) is 0 Å². The van der Waals surface area contributed by atoms with Crippen LogP contribution < -0.4 is 20.7 Å². The number of alkyl carbamates (subject to hydrolysis) is 1. The summed E-state index contributed by atoms with van der Waals surface area (Å²) in [5.41, 5.74) is -1.88. The average molecular weight is 663 g/mol. The van der Waals surface area contributed by atoms with Gasteiger partial charge in [-0.05, 0) is 81.7 Å². The Balaban J connectivity index is 1.43. The molecule has 248 valence electrons. The number of benzene rings is 2. The van der Waals surface area contributed by atoms with E-state index < -0.39 is 47.1 Å². The lowest BCUT2D eigenvalue weighted by Crippen LogP contribution is -2.53. The van der Waals surface area contributed by atoms with Gasteiger partial charge in [0.15, 0.2) is 0 Å². The molecule has 11 nitrogen and oxygen atoms in total. The Labute approximate surface area is 278 Å². The molecule has 12 heteroatoms. The van der Waals surface area contributed by atoms with Crippen LogP contribution in [0.5, 0.6) is 11.6 Å². The Morgan fingerprint density at radius 2 is 1.79 bits per heavy atom. The van der Waals surface area contributed by atoms with Crippen molar-refractivity contribution in [2.75, 3.05) is 0 Å². The molecule has 1 fully saturated rings. The van der Waals surface area contributed by atoms with Crippen molar-refractivity contribution in [1.29, 1.82) is 0 Å². The third kappa shape index (κ3) is 8.40. The molecule has 2 aromatic carbocycles. The number of nitrogens with one attached hydrogen (secondary N) is 3. The number of hydrogen-bond acceptors (Lipinski definition) is 7. The van der Waals surface area contributed by atoms with Crippen LogP contribution in [0.4, 0.5) is 4.79 Å². The molecule has 0 bridgehead atoms. The number of nitrogens with zero attached hydrogens (tertiary/aromatic N) is 1. The maximum absolute atomic E-state index is 13.8. The van der Waals surface area contributed by atoms with Crippen LogP contribution in [0.15, 0.2) is 66.7 Å². The second-order valence-electron chi connectivity index (χ2n) is 12.9. The topological polar surface area (TPSA) is 156 Å². The molecule has 2 heterocycles. The Hall–Kier alpha value is -4.64. The first-order valence-corrected chi connectivity index (χ1v) is 16.1. The molecular weight excluding hydrogens is 624 g/mol. The molecule has 1 aliphatic heterocycles. The van der Waals surface area contributed by atoms with E-state index in [1.165, 1.54) is 0 Å².